The van der Waals surface area contributed by atoms with Gasteiger partial charge in [0.25, 0.3) is 0 Å². The summed E-state index contributed by atoms with van der Waals surface area (Å²) >= 11 is 0. The Bertz CT molecular complexity index is 1000. The molecule has 20 heavy (non-hydrogen) atoms. The Morgan fingerprint density at radius 2 is 1.65 bits per heavy atom. The van der Waals surface area contributed by atoms with E-state index in [9.17, 15) is 0 Å². The molecule has 0 bridgehead atoms. The van der Waals surface area contributed by atoms with Gasteiger partial charge < -0.3 is 0 Å². The van der Waals surface area contributed by atoms with Crippen LogP contribution in [0.1, 0.15) is 0 Å². The molecule has 4 aromatic rings. The highest BCUT2D eigenvalue weighted by Gasteiger charge is 2.24. The zero-order valence-corrected chi connectivity index (χ0v) is 10.7. The van der Waals surface area contributed by atoms with Gasteiger partial charge in [-0.25, -0.2) is 0 Å². The van der Waals surface area contributed by atoms with E-state index in [2.05, 4.69) is 64.8 Å². The summed E-state index contributed by atoms with van der Waals surface area (Å²) in [5.41, 5.74) is 4.71. The third-order valence-corrected chi connectivity index (χ3v) is 4.14. The topological polar surface area (TPSA) is 25.8 Å². The Labute approximate surface area is 115 Å². The van der Waals surface area contributed by atoms with Crippen LogP contribution >= 0.6 is 0 Å². The molecule has 1 aliphatic carbocycles. The minimum absolute atomic E-state index is 1.01. The highest BCUT2D eigenvalue weighted by Crippen LogP contribution is 2.48. The highest BCUT2D eigenvalue weighted by molar-refractivity contribution is 6.22. The Hall–Kier alpha value is -2.74. The van der Waals surface area contributed by atoms with Crippen molar-refractivity contribution in [3.63, 3.8) is 0 Å². The van der Waals surface area contributed by atoms with Gasteiger partial charge in [0, 0.05) is 11.1 Å². The van der Waals surface area contributed by atoms with Crippen LogP contribution < -0.4 is 0 Å². The largest absolute Gasteiger partial charge is 0.158 e. The number of hydrogen-bond donors (Lipinski definition) is 0. The van der Waals surface area contributed by atoms with Crippen molar-refractivity contribution in [1.82, 2.24) is 10.2 Å². The first-order valence-electron chi connectivity index (χ1n) is 6.70. The third kappa shape index (κ3) is 1.09. The molecule has 5 rings (SSSR count). The van der Waals surface area contributed by atoms with Gasteiger partial charge in [0.05, 0.1) is 6.20 Å². The Morgan fingerprint density at radius 3 is 2.65 bits per heavy atom. The molecule has 1 heterocycles. The smallest absolute Gasteiger partial charge is 0.102 e. The maximum Gasteiger partial charge on any atom is 0.102 e. The molecule has 0 aliphatic heterocycles. The average molecular weight is 254 g/mol. The first-order chi connectivity index (χ1) is 9.93. The number of fused-ring (bicyclic) bond motifs is 5. The molecule has 0 fully saturated rings. The van der Waals surface area contributed by atoms with E-state index in [0.717, 1.165) is 5.69 Å². The fraction of sp³-hybridized carbons (Fsp3) is 0. The molecule has 1 aliphatic rings. The molecular formula is C18H10N2. The molecule has 2 heteroatoms. The summed E-state index contributed by atoms with van der Waals surface area (Å²) in [5, 5.41) is 13.6. The van der Waals surface area contributed by atoms with Gasteiger partial charge in [-0.15, -0.1) is 5.10 Å². The van der Waals surface area contributed by atoms with Crippen LogP contribution in [0.5, 0.6) is 0 Å². The minimum Gasteiger partial charge on any atom is -0.158 e. The molecule has 0 amide bonds. The molecule has 0 unspecified atom stereocenters. The Balaban J connectivity index is 2.15. The molecule has 1 aromatic heterocycles. The molecule has 3 aromatic carbocycles. The Morgan fingerprint density at radius 1 is 0.750 bits per heavy atom. The maximum atomic E-state index is 4.40. The van der Waals surface area contributed by atoms with E-state index in [1.807, 2.05) is 0 Å². The van der Waals surface area contributed by atoms with Crippen LogP contribution in [0.15, 0.2) is 60.8 Å². The second kappa shape index (κ2) is 3.42. The monoisotopic (exact) mass is 254 g/mol. The van der Waals surface area contributed by atoms with Crippen molar-refractivity contribution in [3.8, 4) is 22.4 Å². The van der Waals surface area contributed by atoms with Crippen molar-refractivity contribution in [1.29, 1.82) is 0 Å². The van der Waals surface area contributed by atoms with Crippen LogP contribution in [-0.4, -0.2) is 10.2 Å². The first-order valence-corrected chi connectivity index (χ1v) is 6.70. The fourth-order valence-corrected chi connectivity index (χ4v) is 3.33. The number of aromatic nitrogens is 2. The predicted molar refractivity (Wildman–Crippen MR) is 81.5 cm³/mol. The average Bonchev–Trinajstić information content (AvgIpc) is 2.85. The Kier molecular flexibility index (Phi) is 1.73. The highest BCUT2D eigenvalue weighted by atomic mass is 15.1. The van der Waals surface area contributed by atoms with Gasteiger partial charge in [0.2, 0.25) is 0 Å². The molecule has 0 radical (unpaired) electrons. The van der Waals surface area contributed by atoms with Crippen LogP contribution in [0.3, 0.4) is 0 Å². The van der Waals surface area contributed by atoms with Gasteiger partial charge in [-0.1, -0.05) is 42.5 Å². The van der Waals surface area contributed by atoms with Gasteiger partial charge in [0.1, 0.15) is 5.69 Å². The lowest BCUT2D eigenvalue weighted by atomic mass is 9.97. The molecule has 0 saturated carbocycles. The summed E-state index contributed by atoms with van der Waals surface area (Å²) in [6.07, 6.45) is 1.77. The van der Waals surface area contributed by atoms with Crippen molar-refractivity contribution >= 4 is 21.5 Å². The summed E-state index contributed by atoms with van der Waals surface area (Å²) in [6, 6.07) is 19.3. The lowest BCUT2D eigenvalue weighted by Crippen LogP contribution is -1.86. The number of rotatable bonds is 0. The predicted octanol–water partition coefficient (Wildman–Crippen LogP) is 4.43. The molecule has 0 spiro atoms. The van der Waals surface area contributed by atoms with Gasteiger partial charge >= 0.3 is 0 Å². The minimum atomic E-state index is 1.01. The zero-order valence-electron chi connectivity index (χ0n) is 10.7. The zero-order chi connectivity index (χ0) is 13.1. The van der Waals surface area contributed by atoms with Crippen LogP contribution in [0.2, 0.25) is 0 Å². The van der Waals surface area contributed by atoms with Gasteiger partial charge in [-0.3, -0.25) is 0 Å². The van der Waals surface area contributed by atoms with Crippen molar-refractivity contribution in [2.24, 2.45) is 0 Å². The van der Waals surface area contributed by atoms with Crippen molar-refractivity contribution in [2.75, 3.05) is 0 Å². The van der Waals surface area contributed by atoms with E-state index >= 15 is 0 Å². The SMILES string of the molecule is c1ccc2c3c4c(cccc4cc2c1)-c1ccnnc1-3. The quantitative estimate of drug-likeness (QED) is 0.382. The van der Waals surface area contributed by atoms with Gasteiger partial charge in [-0.2, -0.15) is 5.10 Å². The van der Waals surface area contributed by atoms with Crippen LogP contribution in [-0.2, 0) is 0 Å². The van der Waals surface area contributed by atoms with E-state index in [4.69, 9.17) is 0 Å². The number of hydrogen-bond acceptors (Lipinski definition) is 2. The second-order valence-electron chi connectivity index (χ2n) is 5.17. The normalized spacial score (nSPS) is 12.0. The summed E-state index contributed by atoms with van der Waals surface area (Å²) in [7, 11) is 0. The van der Waals surface area contributed by atoms with E-state index in [-0.39, 0.29) is 0 Å². The summed E-state index contributed by atoms with van der Waals surface area (Å²) in [6.45, 7) is 0. The van der Waals surface area contributed by atoms with Crippen LogP contribution in [0, 0.1) is 0 Å². The second-order valence-corrected chi connectivity index (χ2v) is 5.17. The van der Waals surface area contributed by atoms with Crippen molar-refractivity contribution in [3.05, 3.63) is 60.8 Å². The lowest BCUT2D eigenvalue weighted by Gasteiger charge is -2.06. The molecule has 0 atom stereocenters. The van der Waals surface area contributed by atoms with Gasteiger partial charge in [0.15, 0.2) is 0 Å². The fourth-order valence-electron chi connectivity index (χ4n) is 3.33. The third-order valence-electron chi connectivity index (χ3n) is 4.14. The number of nitrogens with zero attached hydrogens (tertiary/aromatic N) is 2. The lowest BCUT2D eigenvalue weighted by molar-refractivity contribution is 1.05. The van der Waals surface area contributed by atoms with Crippen molar-refractivity contribution < 1.29 is 0 Å². The molecule has 0 N–H and O–H groups in total. The standard InChI is InChI=1S/C18H10N2/c1-2-6-13-11(4-1)10-12-5-3-7-14-15-8-9-19-20-18(15)17(13)16(12)14/h1-10H. The van der Waals surface area contributed by atoms with E-state index in [1.54, 1.807) is 6.20 Å². The van der Waals surface area contributed by atoms with Crippen LogP contribution in [0.4, 0.5) is 0 Å². The number of benzene rings is 3. The summed E-state index contributed by atoms with van der Waals surface area (Å²) < 4.78 is 0. The van der Waals surface area contributed by atoms with E-state index in [0.29, 0.717) is 0 Å². The molecule has 92 valence electrons. The molecule has 0 saturated heterocycles. The van der Waals surface area contributed by atoms with E-state index < -0.39 is 0 Å². The van der Waals surface area contributed by atoms with Gasteiger partial charge in [-0.05, 0) is 39.2 Å². The van der Waals surface area contributed by atoms with E-state index in [1.165, 1.54) is 38.2 Å². The molecule has 2 nitrogen and oxygen atoms in total. The summed E-state index contributed by atoms with van der Waals surface area (Å²) in [5.74, 6) is 0. The first kappa shape index (κ1) is 10.1. The maximum absolute atomic E-state index is 4.40. The van der Waals surface area contributed by atoms with Crippen LogP contribution in [0.25, 0.3) is 43.9 Å². The molecular weight excluding hydrogens is 244 g/mol. The van der Waals surface area contributed by atoms with Crippen molar-refractivity contribution in [2.45, 2.75) is 0 Å². The summed E-state index contributed by atoms with van der Waals surface area (Å²) in [4.78, 5) is 0.